The molecule has 0 saturated carbocycles. The first-order valence-electron chi connectivity index (χ1n) is 4.57. The Balaban J connectivity index is 2.47. The molecule has 1 unspecified atom stereocenters. The van der Waals surface area contributed by atoms with Crippen molar-refractivity contribution >= 4 is 11.8 Å². The van der Waals surface area contributed by atoms with E-state index in [2.05, 4.69) is 16.9 Å². The Morgan fingerprint density at radius 2 is 2.08 bits per heavy atom. The molecule has 1 aromatic rings. The molecule has 0 radical (unpaired) electrons. The fraction of sp³-hybridized carbons (Fsp3) is 0.556. The minimum atomic E-state index is 0.297. The summed E-state index contributed by atoms with van der Waals surface area (Å²) in [6.07, 6.45) is 3.14. The highest BCUT2D eigenvalue weighted by atomic mass is 15.0. The molecule has 1 aromatic heterocycles. The van der Waals surface area contributed by atoms with Crippen molar-refractivity contribution in [2.24, 2.45) is 5.92 Å². The number of hydrogen-bond donors (Lipinski definition) is 2. The standard InChI is InChI=1S/C9H14N4/c1-5-2-3-6-7(4-5)12-9(11)13-8(6)10/h5H,2-4H2,1H3,(H4,10,11,12,13). The van der Waals surface area contributed by atoms with Gasteiger partial charge in [-0.15, -0.1) is 0 Å². The second-order valence-corrected chi connectivity index (χ2v) is 3.74. The van der Waals surface area contributed by atoms with Gasteiger partial charge in [-0.25, -0.2) is 4.98 Å². The van der Waals surface area contributed by atoms with Gasteiger partial charge in [0.1, 0.15) is 5.82 Å². The van der Waals surface area contributed by atoms with Gasteiger partial charge in [0.2, 0.25) is 5.95 Å². The molecular weight excluding hydrogens is 164 g/mol. The molecule has 0 saturated heterocycles. The van der Waals surface area contributed by atoms with Crippen LogP contribution < -0.4 is 11.5 Å². The molecule has 13 heavy (non-hydrogen) atoms. The summed E-state index contributed by atoms with van der Waals surface area (Å²) in [5.74, 6) is 1.54. The fourth-order valence-corrected chi connectivity index (χ4v) is 1.83. The van der Waals surface area contributed by atoms with Gasteiger partial charge < -0.3 is 11.5 Å². The van der Waals surface area contributed by atoms with Crippen LogP contribution in [0.4, 0.5) is 11.8 Å². The number of anilines is 2. The third kappa shape index (κ3) is 1.43. The third-order valence-electron chi connectivity index (χ3n) is 2.57. The number of nitrogen functional groups attached to an aromatic ring is 2. The largest absolute Gasteiger partial charge is 0.383 e. The molecule has 0 fully saturated rings. The van der Waals surface area contributed by atoms with E-state index in [1.54, 1.807) is 0 Å². The second-order valence-electron chi connectivity index (χ2n) is 3.74. The Hall–Kier alpha value is -1.32. The maximum atomic E-state index is 5.76. The lowest BCUT2D eigenvalue weighted by atomic mass is 9.88. The van der Waals surface area contributed by atoms with E-state index in [-0.39, 0.29) is 0 Å². The van der Waals surface area contributed by atoms with E-state index in [4.69, 9.17) is 11.5 Å². The van der Waals surface area contributed by atoms with Crippen molar-refractivity contribution in [3.8, 4) is 0 Å². The van der Waals surface area contributed by atoms with E-state index in [1.807, 2.05) is 0 Å². The summed E-state index contributed by atoms with van der Waals surface area (Å²) in [4.78, 5) is 8.17. The average Bonchev–Trinajstić information content (AvgIpc) is 2.02. The summed E-state index contributed by atoms with van der Waals surface area (Å²) in [5, 5.41) is 0. The Labute approximate surface area is 77.4 Å². The Morgan fingerprint density at radius 1 is 1.31 bits per heavy atom. The highest BCUT2D eigenvalue weighted by molar-refractivity contribution is 5.46. The van der Waals surface area contributed by atoms with Crippen LogP contribution in [-0.4, -0.2) is 9.97 Å². The molecule has 1 atom stereocenters. The molecule has 70 valence electrons. The Morgan fingerprint density at radius 3 is 2.85 bits per heavy atom. The van der Waals surface area contributed by atoms with Gasteiger partial charge in [0.15, 0.2) is 0 Å². The summed E-state index contributed by atoms with van der Waals surface area (Å²) in [7, 11) is 0. The van der Waals surface area contributed by atoms with Crippen LogP contribution in [0.15, 0.2) is 0 Å². The lowest BCUT2D eigenvalue weighted by molar-refractivity contribution is 0.492. The summed E-state index contributed by atoms with van der Waals surface area (Å²) in [5.41, 5.74) is 13.4. The summed E-state index contributed by atoms with van der Waals surface area (Å²) < 4.78 is 0. The first-order chi connectivity index (χ1) is 6.16. The van der Waals surface area contributed by atoms with E-state index in [0.717, 1.165) is 24.1 Å². The van der Waals surface area contributed by atoms with Crippen LogP contribution in [0.5, 0.6) is 0 Å². The van der Waals surface area contributed by atoms with Crippen LogP contribution in [0.2, 0.25) is 0 Å². The van der Waals surface area contributed by atoms with Crippen molar-refractivity contribution in [2.45, 2.75) is 26.2 Å². The Kier molecular flexibility index (Phi) is 1.83. The SMILES string of the molecule is CC1CCc2c(N)nc(N)nc2C1. The zero-order valence-electron chi connectivity index (χ0n) is 7.75. The molecule has 4 heteroatoms. The maximum absolute atomic E-state index is 5.76. The van der Waals surface area contributed by atoms with Crippen molar-refractivity contribution in [2.75, 3.05) is 11.5 Å². The van der Waals surface area contributed by atoms with Gasteiger partial charge in [-0.2, -0.15) is 4.98 Å². The van der Waals surface area contributed by atoms with Gasteiger partial charge in [-0.1, -0.05) is 6.92 Å². The molecule has 2 rings (SSSR count). The number of rotatable bonds is 0. The van der Waals surface area contributed by atoms with Gasteiger partial charge in [0.25, 0.3) is 0 Å². The lowest BCUT2D eigenvalue weighted by Gasteiger charge is -2.21. The van der Waals surface area contributed by atoms with E-state index < -0.39 is 0 Å². The van der Waals surface area contributed by atoms with Crippen molar-refractivity contribution in [3.63, 3.8) is 0 Å². The quantitative estimate of drug-likeness (QED) is 0.615. The molecule has 0 bridgehead atoms. The van der Waals surface area contributed by atoms with Crippen LogP contribution in [0.25, 0.3) is 0 Å². The van der Waals surface area contributed by atoms with Crippen LogP contribution in [0.3, 0.4) is 0 Å². The molecule has 1 aliphatic carbocycles. The van der Waals surface area contributed by atoms with E-state index >= 15 is 0 Å². The zero-order valence-corrected chi connectivity index (χ0v) is 7.75. The van der Waals surface area contributed by atoms with Crippen molar-refractivity contribution in [3.05, 3.63) is 11.3 Å². The Bertz CT molecular complexity index is 335. The molecule has 4 nitrogen and oxygen atoms in total. The normalized spacial score (nSPS) is 21.2. The van der Waals surface area contributed by atoms with E-state index in [1.165, 1.54) is 6.42 Å². The molecule has 0 amide bonds. The number of nitrogens with zero attached hydrogens (tertiary/aromatic N) is 2. The fourth-order valence-electron chi connectivity index (χ4n) is 1.83. The van der Waals surface area contributed by atoms with Crippen molar-refractivity contribution < 1.29 is 0 Å². The van der Waals surface area contributed by atoms with Gasteiger partial charge in [-0.3, -0.25) is 0 Å². The van der Waals surface area contributed by atoms with Crippen LogP contribution in [0, 0.1) is 5.92 Å². The first kappa shape index (κ1) is 8.29. The van der Waals surface area contributed by atoms with Crippen molar-refractivity contribution in [1.82, 2.24) is 9.97 Å². The molecule has 4 N–H and O–H groups in total. The molecule has 0 spiro atoms. The molecule has 0 aliphatic heterocycles. The summed E-state index contributed by atoms with van der Waals surface area (Å²) in [6.45, 7) is 2.22. The van der Waals surface area contributed by atoms with E-state index in [9.17, 15) is 0 Å². The highest BCUT2D eigenvalue weighted by Gasteiger charge is 2.19. The maximum Gasteiger partial charge on any atom is 0.222 e. The molecule has 1 heterocycles. The lowest BCUT2D eigenvalue weighted by Crippen LogP contribution is -2.17. The van der Waals surface area contributed by atoms with Crippen LogP contribution >= 0.6 is 0 Å². The highest BCUT2D eigenvalue weighted by Crippen LogP contribution is 2.27. The second kappa shape index (κ2) is 2.87. The predicted molar refractivity (Wildman–Crippen MR) is 52.0 cm³/mol. The summed E-state index contributed by atoms with van der Waals surface area (Å²) >= 11 is 0. The van der Waals surface area contributed by atoms with Crippen LogP contribution in [-0.2, 0) is 12.8 Å². The van der Waals surface area contributed by atoms with Gasteiger partial charge in [-0.05, 0) is 25.2 Å². The van der Waals surface area contributed by atoms with Crippen LogP contribution in [0.1, 0.15) is 24.6 Å². The summed E-state index contributed by atoms with van der Waals surface area (Å²) in [6, 6.07) is 0. The zero-order chi connectivity index (χ0) is 9.42. The predicted octanol–water partition coefficient (Wildman–Crippen LogP) is 0.766. The monoisotopic (exact) mass is 178 g/mol. The van der Waals surface area contributed by atoms with Gasteiger partial charge >= 0.3 is 0 Å². The minimum Gasteiger partial charge on any atom is -0.383 e. The molecule has 0 aromatic carbocycles. The topological polar surface area (TPSA) is 77.8 Å². The number of fused-ring (bicyclic) bond motifs is 1. The number of nitrogens with two attached hydrogens (primary N) is 2. The van der Waals surface area contributed by atoms with E-state index in [0.29, 0.717) is 17.7 Å². The van der Waals surface area contributed by atoms with Crippen molar-refractivity contribution in [1.29, 1.82) is 0 Å². The smallest absolute Gasteiger partial charge is 0.222 e. The minimum absolute atomic E-state index is 0.297. The average molecular weight is 178 g/mol. The van der Waals surface area contributed by atoms with Gasteiger partial charge in [0.05, 0.1) is 5.69 Å². The number of hydrogen-bond acceptors (Lipinski definition) is 4. The van der Waals surface area contributed by atoms with Gasteiger partial charge in [0, 0.05) is 5.56 Å². The third-order valence-corrected chi connectivity index (χ3v) is 2.57. The molecule has 1 aliphatic rings. The number of aromatic nitrogens is 2. The first-order valence-corrected chi connectivity index (χ1v) is 4.57. The molecular formula is C9H14N4.